The Bertz CT molecular complexity index is 850. The molecule has 1 atom stereocenters. The third-order valence-electron chi connectivity index (χ3n) is 4.31. The SMILES string of the molecule is COc1ccc(SC(C)C(=O)NNC(=O)c2sc(N3CCOCC3)nc2C)cc1. The van der Waals surface area contributed by atoms with Crippen LogP contribution in [0.4, 0.5) is 5.13 Å². The van der Waals surface area contributed by atoms with E-state index in [1.807, 2.05) is 24.3 Å². The minimum Gasteiger partial charge on any atom is -0.497 e. The van der Waals surface area contributed by atoms with Gasteiger partial charge in [0, 0.05) is 18.0 Å². The maximum Gasteiger partial charge on any atom is 0.281 e. The van der Waals surface area contributed by atoms with E-state index in [4.69, 9.17) is 9.47 Å². The van der Waals surface area contributed by atoms with Gasteiger partial charge in [-0.05, 0) is 38.1 Å². The van der Waals surface area contributed by atoms with Crippen molar-refractivity contribution < 1.29 is 19.1 Å². The summed E-state index contributed by atoms with van der Waals surface area (Å²) >= 11 is 2.72. The smallest absolute Gasteiger partial charge is 0.281 e. The van der Waals surface area contributed by atoms with Crippen LogP contribution in [-0.4, -0.2) is 55.5 Å². The molecule has 8 nitrogen and oxygen atoms in total. The fraction of sp³-hybridized carbons (Fsp3) is 0.421. The van der Waals surface area contributed by atoms with Crippen molar-refractivity contribution in [3.63, 3.8) is 0 Å². The summed E-state index contributed by atoms with van der Waals surface area (Å²) in [4.78, 5) is 32.9. The lowest BCUT2D eigenvalue weighted by Gasteiger charge is -2.25. The number of thioether (sulfide) groups is 1. The first kappa shape index (κ1) is 21.4. The largest absolute Gasteiger partial charge is 0.497 e. The molecule has 0 bridgehead atoms. The number of anilines is 1. The predicted molar refractivity (Wildman–Crippen MR) is 114 cm³/mol. The van der Waals surface area contributed by atoms with Crippen LogP contribution in [0.2, 0.25) is 0 Å². The van der Waals surface area contributed by atoms with Gasteiger partial charge in [0.2, 0.25) is 0 Å². The fourth-order valence-corrected chi connectivity index (χ4v) is 4.55. The molecular formula is C19H24N4O4S2. The Labute approximate surface area is 177 Å². The fourth-order valence-electron chi connectivity index (χ4n) is 2.67. The van der Waals surface area contributed by atoms with Gasteiger partial charge in [0.25, 0.3) is 11.8 Å². The highest BCUT2D eigenvalue weighted by molar-refractivity contribution is 8.00. The second-order valence-electron chi connectivity index (χ2n) is 6.39. The van der Waals surface area contributed by atoms with E-state index >= 15 is 0 Å². The number of rotatable bonds is 6. The van der Waals surface area contributed by atoms with Gasteiger partial charge in [-0.15, -0.1) is 11.8 Å². The van der Waals surface area contributed by atoms with Crippen LogP contribution in [-0.2, 0) is 9.53 Å². The molecule has 2 N–H and O–H groups in total. The first-order chi connectivity index (χ1) is 14.0. The molecule has 1 aromatic carbocycles. The maximum absolute atomic E-state index is 12.5. The van der Waals surface area contributed by atoms with Gasteiger partial charge in [0.15, 0.2) is 5.13 Å². The third-order valence-corrected chi connectivity index (χ3v) is 6.64. The van der Waals surface area contributed by atoms with Gasteiger partial charge < -0.3 is 14.4 Å². The number of thiazole rings is 1. The van der Waals surface area contributed by atoms with E-state index in [0.717, 1.165) is 28.9 Å². The molecule has 10 heteroatoms. The minimum atomic E-state index is -0.379. The molecule has 156 valence electrons. The van der Waals surface area contributed by atoms with Crippen molar-refractivity contribution in [2.24, 2.45) is 0 Å². The number of benzene rings is 1. The number of nitrogens with zero attached hydrogens (tertiary/aromatic N) is 2. The number of hydrazine groups is 1. The Kier molecular flexibility index (Phi) is 7.34. The summed E-state index contributed by atoms with van der Waals surface area (Å²) in [5.74, 6) is 0.110. The summed E-state index contributed by atoms with van der Waals surface area (Å²) in [6, 6.07) is 7.46. The van der Waals surface area contributed by atoms with Crippen LogP contribution >= 0.6 is 23.1 Å². The first-order valence-electron chi connectivity index (χ1n) is 9.19. The molecule has 0 radical (unpaired) electrons. The van der Waals surface area contributed by atoms with Crippen molar-refractivity contribution >= 4 is 40.0 Å². The number of nitrogens with one attached hydrogen (secondary N) is 2. The molecule has 1 saturated heterocycles. The van der Waals surface area contributed by atoms with Gasteiger partial charge in [-0.1, -0.05) is 11.3 Å². The molecule has 2 aromatic rings. The van der Waals surface area contributed by atoms with Crippen LogP contribution in [0, 0.1) is 6.92 Å². The van der Waals surface area contributed by atoms with Crippen LogP contribution in [0.3, 0.4) is 0 Å². The van der Waals surface area contributed by atoms with Crippen molar-refractivity contribution in [3.8, 4) is 5.75 Å². The van der Waals surface area contributed by atoms with Crippen molar-refractivity contribution in [1.82, 2.24) is 15.8 Å². The van der Waals surface area contributed by atoms with E-state index in [1.165, 1.54) is 23.1 Å². The highest BCUT2D eigenvalue weighted by Gasteiger charge is 2.21. The Morgan fingerprint density at radius 1 is 1.24 bits per heavy atom. The summed E-state index contributed by atoms with van der Waals surface area (Å²) in [5, 5.41) is 0.417. The summed E-state index contributed by atoms with van der Waals surface area (Å²) in [7, 11) is 1.61. The quantitative estimate of drug-likeness (QED) is 0.530. The number of morpholine rings is 1. The number of carbonyl (C=O) groups is 2. The second kappa shape index (κ2) is 9.95. The number of ether oxygens (including phenoxy) is 2. The zero-order valence-electron chi connectivity index (χ0n) is 16.6. The topological polar surface area (TPSA) is 92.8 Å². The number of hydrogen-bond acceptors (Lipinski definition) is 8. The van der Waals surface area contributed by atoms with E-state index in [0.29, 0.717) is 23.8 Å². The monoisotopic (exact) mass is 436 g/mol. The zero-order chi connectivity index (χ0) is 20.8. The normalized spacial score (nSPS) is 14.9. The van der Waals surface area contributed by atoms with Gasteiger partial charge in [-0.2, -0.15) is 0 Å². The molecule has 2 amide bonds. The molecule has 1 aliphatic heterocycles. The zero-order valence-corrected chi connectivity index (χ0v) is 18.2. The number of aryl methyl sites for hydroxylation is 1. The molecule has 1 aliphatic rings. The van der Waals surface area contributed by atoms with Crippen molar-refractivity contribution in [1.29, 1.82) is 0 Å². The average Bonchev–Trinajstić information content (AvgIpc) is 3.14. The Morgan fingerprint density at radius 3 is 2.59 bits per heavy atom. The molecule has 1 aromatic heterocycles. The summed E-state index contributed by atoms with van der Waals surface area (Å²) < 4.78 is 10.5. The standard InChI is InChI=1S/C19H24N4O4S2/c1-12-16(29-19(20-12)23-8-10-27-11-9-23)18(25)22-21-17(24)13(2)28-15-6-4-14(26-3)5-7-15/h4-7,13H,8-11H2,1-3H3,(H,21,24)(H,22,25). The highest BCUT2D eigenvalue weighted by Crippen LogP contribution is 2.27. The highest BCUT2D eigenvalue weighted by atomic mass is 32.2. The molecule has 1 fully saturated rings. The molecule has 2 heterocycles. The number of amides is 2. The van der Waals surface area contributed by atoms with Crippen LogP contribution in [0.5, 0.6) is 5.75 Å². The lowest BCUT2D eigenvalue weighted by atomic mass is 10.3. The van der Waals surface area contributed by atoms with Crippen LogP contribution in [0.1, 0.15) is 22.3 Å². The minimum absolute atomic E-state index is 0.283. The maximum atomic E-state index is 12.5. The van der Waals surface area contributed by atoms with Crippen LogP contribution < -0.4 is 20.5 Å². The first-order valence-corrected chi connectivity index (χ1v) is 10.9. The van der Waals surface area contributed by atoms with Gasteiger partial charge in [0.1, 0.15) is 10.6 Å². The molecule has 0 spiro atoms. The van der Waals surface area contributed by atoms with Crippen molar-refractivity contribution in [2.75, 3.05) is 38.3 Å². The molecule has 0 aliphatic carbocycles. The van der Waals surface area contributed by atoms with E-state index in [1.54, 1.807) is 21.0 Å². The van der Waals surface area contributed by atoms with Gasteiger partial charge >= 0.3 is 0 Å². The molecule has 3 rings (SSSR count). The third kappa shape index (κ3) is 5.62. The molecule has 29 heavy (non-hydrogen) atoms. The van der Waals surface area contributed by atoms with Crippen LogP contribution in [0.15, 0.2) is 29.2 Å². The Hall–Kier alpha value is -2.30. The Morgan fingerprint density at radius 2 is 1.93 bits per heavy atom. The van der Waals surface area contributed by atoms with Gasteiger partial charge in [0.05, 0.1) is 31.3 Å². The van der Waals surface area contributed by atoms with Crippen molar-refractivity contribution in [2.45, 2.75) is 24.0 Å². The van der Waals surface area contributed by atoms with Crippen LogP contribution in [0.25, 0.3) is 0 Å². The summed E-state index contributed by atoms with van der Waals surface area (Å²) in [5.41, 5.74) is 5.64. The van der Waals surface area contributed by atoms with E-state index in [9.17, 15) is 9.59 Å². The van der Waals surface area contributed by atoms with E-state index in [2.05, 4.69) is 20.7 Å². The molecule has 0 saturated carbocycles. The van der Waals surface area contributed by atoms with E-state index in [-0.39, 0.29) is 17.1 Å². The second-order valence-corrected chi connectivity index (χ2v) is 8.78. The number of methoxy groups -OCH3 is 1. The Balaban J connectivity index is 1.52. The van der Waals surface area contributed by atoms with E-state index < -0.39 is 0 Å². The van der Waals surface area contributed by atoms with Gasteiger partial charge in [-0.3, -0.25) is 20.4 Å². The molecular weight excluding hydrogens is 412 g/mol. The average molecular weight is 437 g/mol. The summed E-state index contributed by atoms with van der Waals surface area (Å²) in [6.45, 7) is 6.39. The number of carbonyl (C=O) groups excluding carboxylic acids is 2. The van der Waals surface area contributed by atoms with Crippen molar-refractivity contribution in [3.05, 3.63) is 34.8 Å². The number of hydrogen-bond donors (Lipinski definition) is 2. The lowest BCUT2D eigenvalue weighted by Crippen LogP contribution is -2.44. The lowest BCUT2D eigenvalue weighted by molar-refractivity contribution is -0.121. The summed E-state index contributed by atoms with van der Waals surface area (Å²) in [6.07, 6.45) is 0. The molecule has 1 unspecified atom stereocenters. The number of aromatic nitrogens is 1. The van der Waals surface area contributed by atoms with Gasteiger partial charge in [-0.25, -0.2) is 4.98 Å². The predicted octanol–water partition coefficient (Wildman–Crippen LogP) is 2.24.